The molecule has 0 bridgehead atoms. The largest absolute Gasteiger partial charge is 0.497 e. The number of nitrogens with zero attached hydrogens (tertiary/aromatic N) is 1. The summed E-state index contributed by atoms with van der Waals surface area (Å²) in [6.07, 6.45) is 0. The monoisotopic (exact) mass is 291 g/mol. The molecule has 20 heavy (non-hydrogen) atoms. The number of benzene rings is 1. The van der Waals surface area contributed by atoms with E-state index in [1.807, 2.05) is 45.0 Å². The third kappa shape index (κ3) is 3.57. The summed E-state index contributed by atoms with van der Waals surface area (Å²) in [5.74, 6) is 0.395. The van der Waals surface area contributed by atoms with Crippen LogP contribution in [-0.2, 0) is 4.74 Å². The minimum absolute atomic E-state index is 0.343. The van der Waals surface area contributed by atoms with Crippen LogP contribution >= 0.6 is 11.3 Å². The molecule has 0 aliphatic carbocycles. The first kappa shape index (κ1) is 14.5. The van der Waals surface area contributed by atoms with Gasteiger partial charge in [0.15, 0.2) is 5.69 Å². The molecule has 106 valence electrons. The molecule has 0 saturated carbocycles. The van der Waals surface area contributed by atoms with Crippen molar-refractivity contribution in [3.63, 3.8) is 0 Å². The zero-order valence-electron chi connectivity index (χ0n) is 12.0. The van der Waals surface area contributed by atoms with Crippen molar-refractivity contribution in [1.82, 2.24) is 4.98 Å². The molecule has 0 saturated heterocycles. The topological polar surface area (TPSA) is 48.4 Å². The van der Waals surface area contributed by atoms with E-state index in [0.717, 1.165) is 16.3 Å². The lowest BCUT2D eigenvalue weighted by Gasteiger charge is -2.18. The lowest BCUT2D eigenvalue weighted by atomic mass is 10.2. The van der Waals surface area contributed by atoms with E-state index < -0.39 is 11.6 Å². The molecule has 0 amide bonds. The van der Waals surface area contributed by atoms with Crippen LogP contribution in [0, 0.1) is 0 Å². The lowest BCUT2D eigenvalue weighted by Crippen LogP contribution is -2.24. The molecule has 0 N–H and O–H groups in total. The molecule has 2 rings (SSSR count). The van der Waals surface area contributed by atoms with Crippen molar-refractivity contribution in [3.05, 3.63) is 35.3 Å². The molecule has 2 aromatic rings. The van der Waals surface area contributed by atoms with E-state index >= 15 is 0 Å². The number of methoxy groups -OCH3 is 1. The summed E-state index contributed by atoms with van der Waals surface area (Å²) >= 11 is 1.42. The molecule has 1 aromatic carbocycles. The second-order valence-corrected chi connectivity index (χ2v) is 6.13. The second kappa shape index (κ2) is 5.63. The third-order valence-electron chi connectivity index (χ3n) is 2.45. The molecule has 0 unspecified atom stereocenters. The molecule has 0 radical (unpaired) electrons. The standard InChI is InChI=1S/C15H17NO3S/c1-15(2,3)19-14(17)12-9-20-13(16-12)10-5-7-11(18-4)8-6-10/h5-9H,1-4H3. The van der Waals surface area contributed by atoms with Crippen LogP contribution < -0.4 is 4.74 Å². The number of hydrogen-bond donors (Lipinski definition) is 0. The van der Waals surface area contributed by atoms with E-state index in [1.54, 1.807) is 12.5 Å². The van der Waals surface area contributed by atoms with Crippen molar-refractivity contribution in [1.29, 1.82) is 0 Å². The van der Waals surface area contributed by atoms with Gasteiger partial charge in [0, 0.05) is 10.9 Å². The van der Waals surface area contributed by atoms with Gasteiger partial charge in [0.2, 0.25) is 0 Å². The molecule has 1 heterocycles. The van der Waals surface area contributed by atoms with Gasteiger partial charge in [0.25, 0.3) is 0 Å². The van der Waals surface area contributed by atoms with Crippen LogP contribution in [0.1, 0.15) is 31.3 Å². The van der Waals surface area contributed by atoms with Crippen molar-refractivity contribution in [3.8, 4) is 16.3 Å². The molecular weight excluding hydrogens is 274 g/mol. The van der Waals surface area contributed by atoms with Gasteiger partial charge in [-0.1, -0.05) is 0 Å². The van der Waals surface area contributed by atoms with Gasteiger partial charge >= 0.3 is 5.97 Å². The number of carbonyl (C=O) groups is 1. The number of hydrogen-bond acceptors (Lipinski definition) is 5. The minimum Gasteiger partial charge on any atom is -0.497 e. The predicted molar refractivity (Wildman–Crippen MR) is 79.3 cm³/mol. The Bertz CT molecular complexity index is 596. The Balaban J connectivity index is 2.17. The van der Waals surface area contributed by atoms with E-state index in [1.165, 1.54) is 11.3 Å². The SMILES string of the molecule is COc1ccc(-c2nc(C(=O)OC(C)(C)C)cs2)cc1. The van der Waals surface area contributed by atoms with Gasteiger partial charge in [-0.15, -0.1) is 11.3 Å². The van der Waals surface area contributed by atoms with Crippen LogP contribution in [0.5, 0.6) is 5.75 Å². The van der Waals surface area contributed by atoms with Crippen LogP contribution in [0.4, 0.5) is 0 Å². The number of carbonyl (C=O) groups excluding carboxylic acids is 1. The number of thiazole rings is 1. The minimum atomic E-state index is -0.513. The Hall–Kier alpha value is -1.88. The second-order valence-electron chi connectivity index (χ2n) is 5.27. The van der Waals surface area contributed by atoms with Gasteiger partial charge in [-0.2, -0.15) is 0 Å². The molecule has 0 atom stereocenters. The Morgan fingerprint density at radius 3 is 2.40 bits per heavy atom. The summed E-state index contributed by atoms with van der Waals surface area (Å²) < 4.78 is 10.4. The van der Waals surface area contributed by atoms with E-state index in [-0.39, 0.29) is 0 Å². The van der Waals surface area contributed by atoms with Gasteiger partial charge in [0.1, 0.15) is 16.4 Å². The maximum Gasteiger partial charge on any atom is 0.358 e. The van der Waals surface area contributed by atoms with Crippen molar-refractivity contribution < 1.29 is 14.3 Å². The third-order valence-corrected chi connectivity index (χ3v) is 3.34. The summed E-state index contributed by atoms with van der Waals surface area (Å²) in [5.41, 5.74) is 0.780. The average molecular weight is 291 g/mol. The summed E-state index contributed by atoms with van der Waals surface area (Å²) in [6, 6.07) is 7.56. The first-order chi connectivity index (χ1) is 9.39. The van der Waals surface area contributed by atoms with E-state index in [9.17, 15) is 4.79 Å². The summed E-state index contributed by atoms with van der Waals surface area (Å²) in [6.45, 7) is 5.50. The van der Waals surface area contributed by atoms with Crippen molar-refractivity contribution >= 4 is 17.3 Å². The van der Waals surface area contributed by atoms with Crippen LogP contribution in [-0.4, -0.2) is 23.7 Å². The van der Waals surface area contributed by atoms with Gasteiger partial charge < -0.3 is 9.47 Å². The lowest BCUT2D eigenvalue weighted by molar-refractivity contribution is 0.00638. The first-order valence-corrected chi connectivity index (χ1v) is 7.10. The maximum atomic E-state index is 11.9. The number of esters is 1. The predicted octanol–water partition coefficient (Wildman–Crippen LogP) is 3.77. The Kier molecular flexibility index (Phi) is 4.09. The highest BCUT2D eigenvalue weighted by Gasteiger charge is 2.20. The molecule has 0 fully saturated rings. The van der Waals surface area contributed by atoms with Crippen molar-refractivity contribution in [2.24, 2.45) is 0 Å². The molecular formula is C15H17NO3S. The molecule has 0 aliphatic rings. The van der Waals surface area contributed by atoms with Crippen LogP contribution in [0.3, 0.4) is 0 Å². The zero-order chi connectivity index (χ0) is 14.8. The Morgan fingerprint density at radius 2 is 1.85 bits per heavy atom. The number of ether oxygens (including phenoxy) is 2. The first-order valence-electron chi connectivity index (χ1n) is 6.22. The number of rotatable bonds is 3. The molecule has 5 heteroatoms. The normalized spacial score (nSPS) is 11.2. The average Bonchev–Trinajstić information content (AvgIpc) is 2.86. The van der Waals surface area contributed by atoms with Crippen LogP contribution in [0.15, 0.2) is 29.6 Å². The van der Waals surface area contributed by atoms with Crippen LogP contribution in [0.25, 0.3) is 10.6 Å². The van der Waals surface area contributed by atoms with Crippen molar-refractivity contribution in [2.75, 3.05) is 7.11 Å². The zero-order valence-corrected chi connectivity index (χ0v) is 12.8. The highest BCUT2D eigenvalue weighted by Crippen LogP contribution is 2.26. The maximum absolute atomic E-state index is 11.9. The molecule has 0 spiro atoms. The van der Waals surface area contributed by atoms with Crippen LogP contribution in [0.2, 0.25) is 0 Å². The molecule has 1 aromatic heterocycles. The molecule has 4 nitrogen and oxygen atoms in total. The van der Waals surface area contributed by atoms with E-state index in [4.69, 9.17) is 9.47 Å². The van der Waals surface area contributed by atoms with Crippen molar-refractivity contribution in [2.45, 2.75) is 26.4 Å². The summed E-state index contributed by atoms with van der Waals surface area (Å²) in [5, 5.41) is 2.50. The van der Waals surface area contributed by atoms with E-state index in [2.05, 4.69) is 4.98 Å². The molecule has 0 aliphatic heterocycles. The fourth-order valence-electron chi connectivity index (χ4n) is 1.56. The van der Waals surface area contributed by atoms with Gasteiger partial charge in [-0.3, -0.25) is 0 Å². The fourth-order valence-corrected chi connectivity index (χ4v) is 2.36. The summed E-state index contributed by atoms with van der Waals surface area (Å²) in [4.78, 5) is 16.2. The smallest absolute Gasteiger partial charge is 0.358 e. The van der Waals surface area contributed by atoms with Gasteiger partial charge in [0.05, 0.1) is 7.11 Å². The summed E-state index contributed by atoms with van der Waals surface area (Å²) in [7, 11) is 1.62. The fraction of sp³-hybridized carbons (Fsp3) is 0.333. The Morgan fingerprint density at radius 1 is 1.20 bits per heavy atom. The quantitative estimate of drug-likeness (QED) is 0.808. The van der Waals surface area contributed by atoms with E-state index in [0.29, 0.717) is 5.69 Å². The number of aromatic nitrogens is 1. The Labute approximate surface area is 122 Å². The van der Waals surface area contributed by atoms with Gasteiger partial charge in [-0.05, 0) is 45.0 Å². The van der Waals surface area contributed by atoms with Gasteiger partial charge in [-0.25, -0.2) is 9.78 Å². The highest BCUT2D eigenvalue weighted by molar-refractivity contribution is 7.13. The highest BCUT2D eigenvalue weighted by atomic mass is 32.1.